The molecule has 1 N–H and O–H groups in total. The van der Waals surface area contributed by atoms with Crippen molar-refractivity contribution in [3.05, 3.63) is 11.6 Å². The Hall–Kier alpha value is -0.300. The summed E-state index contributed by atoms with van der Waals surface area (Å²) in [5.41, 5.74) is 1.71. The van der Waals surface area contributed by atoms with Crippen molar-refractivity contribution in [3.8, 4) is 0 Å². The largest absolute Gasteiger partial charge is 0.311 e. The molecule has 2 rings (SSSR count). The maximum atomic E-state index is 3.70. The monoisotopic (exact) mass is 165 g/mol. The van der Waals surface area contributed by atoms with Crippen LogP contribution in [-0.2, 0) is 0 Å². The third-order valence-corrected chi connectivity index (χ3v) is 3.09. The second-order valence-corrected chi connectivity index (χ2v) is 4.17. The highest BCUT2D eigenvalue weighted by Gasteiger charge is 2.26. The summed E-state index contributed by atoms with van der Waals surface area (Å²) in [5.74, 6) is 0. The van der Waals surface area contributed by atoms with Crippen LogP contribution in [0.5, 0.6) is 0 Å². The minimum atomic E-state index is 0.815. The van der Waals surface area contributed by atoms with Crippen molar-refractivity contribution in [2.75, 3.05) is 0 Å². The van der Waals surface area contributed by atoms with Gasteiger partial charge in [0.2, 0.25) is 0 Å². The standard InChI is InChI=1S/C11H19N/c1-2-4-9-7-10-5-3-6-11(8-9)12-10/h4,10-12H,2-3,5-8H2,1H3. The third-order valence-electron chi connectivity index (χ3n) is 3.09. The number of piperidine rings is 2. The molecule has 0 radical (unpaired) electrons. The van der Waals surface area contributed by atoms with E-state index in [2.05, 4.69) is 18.3 Å². The second-order valence-electron chi connectivity index (χ2n) is 4.17. The Morgan fingerprint density at radius 3 is 2.58 bits per heavy atom. The van der Waals surface area contributed by atoms with E-state index in [1.165, 1.54) is 38.5 Å². The van der Waals surface area contributed by atoms with Gasteiger partial charge in [-0.2, -0.15) is 0 Å². The summed E-state index contributed by atoms with van der Waals surface area (Å²) in [7, 11) is 0. The molecule has 2 aliphatic rings. The van der Waals surface area contributed by atoms with E-state index >= 15 is 0 Å². The Morgan fingerprint density at radius 1 is 1.33 bits per heavy atom. The van der Waals surface area contributed by atoms with Gasteiger partial charge in [-0.3, -0.25) is 0 Å². The summed E-state index contributed by atoms with van der Waals surface area (Å²) >= 11 is 0. The molecule has 2 atom stereocenters. The Labute approximate surface area is 75.2 Å². The molecular weight excluding hydrogens is 146 g/mol. The summed E-state index contributed by atoms with van der Waals surface area (Å²) < 4.78 is 0. The van der Waals surface area contributed by atoms with Crippen LogP contribution in [0.2, 0.25) is 0 Å². The molecular formula is C11H19N. The number of hydrogen-bond donors (Lipinski definition) is 1. The Kier molecular flexibility index (Phi) is 2.50. The number of fused-ring (bicyclic) bond motifs is 2. The predicted octanol–water partition coefficient (Wildman–Crippen LogP) is 2.63. The molecule has 2 unspecified atom stereocenters. The topological polar surface area (TPSA) is 12.0 Å². The Bertz CT molecular complexity index is 169. The van der Waals surface area contributed by atoms with Crippen LogP contribution in [-0.4, -0.2) is 12.1 Å². The van der Waals surface area contributed by atoms with Crippen LogP contribution in [0.1, 0.15) is 45.4 Å². The van der Waals surface area contributed by atoms with Crippen LogP contribution >= 0.6 is 0 Å². The minimum absolute atomic E-state index is 0.815. The Balaban J connectivity index is 2.00. The molecule has 12 heavy (non-hydrogen) atoms. The first kappa shape index (κ1) is 8.31. The molecule has 1 nitrogen and oxygen atoms in total. The smallest absolute Gasteiger partial charge is 0.0107 e. The van der Waals surface area contributed by atoms with E-state index < -0.39 is 0 Å². The highest BCUT2D eigenvalue weighted by atomic mass is 15.0. The Morgan fingerprint density at radius 2 is 2.00 bits per heavy atom. The average molecular weight is 165 g/mol. The van der Waals surface area contributed by atoms with Crippen LogP contribution in [0.4, 0.5) is 0 Å². The predicted molar refractivity (Wildman–Crippen MR) is 52.2 cm³/mol. The maximum Gasteiger partial charge on any atom is 0.0107 e. The van der Waals surface area contributed by atoms with E-state index in [1.807, 2.05) is 0 Å². The van der Waals surface area contributed by atoms with Crippen molar-refractivity contribution in [2.24, 2.45) is 0 Å². The van der Waals surface area contributed by atoms with Crippen LogP contribution in [0.15, 0.2) is 11.6 Å². The van der Waals surface area contributed by atoms with Gasteiger partial charge in [0.15, 0.2) is 0 Å². The molecule has 68 valence electrons. The molecule has 0 aromatic carbocycles. The first-order valence-electron chi connectivity index (χ1n) is 5.32. The minimum Gasteiger partial charge on any atom is -0.311 e. The van der Waals surface area contributed by atoms with Crippen LogP contribution in [0.25, 0.3) is 0 Å². The summed E-state index contributed by atoms with van der Waals surface area (Å²) in [6.07, 6.45) is 10.5. The van der Waals surface area contributed by atoms with Gasteiger partial charge in [0.25, 0.3) is 0 Å². The molecule has 2 fully saturated rings. The average Bonchev–Trinajstić information content (AvgIpc) is 2.04. The van der Waals surface area contributed by atoms with E-state index in [4.69, 9.17) is 0 Å². The van der Waals surface area contributed by atoms with E-state index in [-0.39, 0.29) is 0 Å². The van der Waals surface area contributed by atoms with Gasteiger partial charge in [0.1, 0.15) is 0 Å². The molecule has 0 spiro atoms. The van der Waals surface area contributed by atoms with Gasteiger partial charge < -0.3 is 5.32 Å². The first-order chi connectivity index (χ1) is 5.88. The van der Waals surface area contributed by atoms with Gasteiger partial charge in [0, 0.05) is 12.1 Å². The molecule has 0 aromatic heterocycles. The summed E-state index contributed by atoms with van der Waals surface area (Å²) in [5, 5.41) is 3.70. The zero-order chi connectivity index (χ0) is 8.39. The molecule has 0 amide bonds. The molecule has 2 bridgehead atoms. The quantitative estimate of drug-likeness (QED) is 0.589. The van der Waals surface area contributed by atoms with E-state index in [0.717, 1.165) is 12.1 Å². The molecule has 0 aromatic rings. The van der Waals surface area contributed by atoms with Crippen LogP contribution in [0.3, 0.4) is 0 Å². The first-order valence-corrected chi connectivity index (χ1v) is 5.32. The fraction of sp³-hybridized carbons (Fsp3) is 0.818. The fourth-order valence-corrected chi connectivity index (χ4v) is 2.60. The second kappa shape index (κ2) is 3.61. The lowest BCUT2D eigenvalue weighted by Gasteiger charge is -2.37. The van der Waals surface area contributed by atoms with E-state index in [1.54, 1.807) is 5.57 Å². The van der Waals surface area contributed by atoms with Gasteiger partial charge >= 0.3 is 0 Å². The SMILES string of the molecule is CCC=C1CC2CCCC(C1)N2. The fourth-order valence-electron chi connectivity index (χ4n) is 2.60. The van der Waals surface area contributed by atoms with Crippen molar-refractivity contribution >= 4 is 0 Å². The lowest BCUT2D eigenvalue weighted by Crippen LogP contribution is -2.46. The lowest BCUT2D eigenvalue weighted by molar-refractivity contribution is 0.282. The number of nitrogens with one attached hydrogen (secondary N) is 1. The van der Waals surface area contributed by atoms with Gasteiger partial charge in [-0.1, -0.05) is 25.0 Å². The summed E-state index contributed by atoms with van der Waals surface area (Å²) in [6, 6.07) is 1.63. The van der Waals surface area contributed by atoms with Crippen LogP contribution in [0, 0.1) is 0 Å². The van der Waals surface area contributed by atoms with Gasteiger partial charge in [-0.15, -0.1) is 0 Å². The van der Waals surface area contributed by atoms with Crippen molar-refractivity contribution in [1.82, 2.24) is 5.32 Å². The zero-order valence-corrected chi connectivity index (χ0v) is 7.97. The van der Waals surface area contributed by atoms with E-state index in [0.29, 0.717) is 0 Å². The molecule has 2 heterocycles. The van der Waals surface area contributed by atoms with Gasteiger partial charge in [0.05, 0.1) is 0 Å². The van der Waals surface area contributed by atoms with Gasteiger partial charge in [-0.25, -0.2) is 0 Å². The van der Waals surface area contributed by atoms with Crippen molar-refractivity contribution in [1.29, 1.82) is 0 Å². The number of allylic oxidation sites excluding steroid dienone is 1. The molecule has 0 aliphatic carbocycles. The summed E-state index contributed by atoms with van der Waals surface area (Å²) in [4.78, 5) is 0. The lowest BCUT2D eigenvalue weighted by atomic mass is 9.83. The van der Waals surface area contributed by atoms with E-state index in [9.17, 15) is 0 Å². The van der Waals surface area contributed by atoms with Crippen LogP contribution < -0.4 is 5.32 Å². The number of hydrogen-bond acceptors (Lipinski definition) is 1. The number of rotatable bonds is 1. The molecule has 1 heteroatoms. The highest BCUT2D eigenvalue weighted by Crippen LogP contribution is 2.29. The molecule has 2 saturated heterocycles. The van der Waals surface area contributed by atoms with Crippen molar-refractivity contribution in [2.45, 2.75) is 57.5 Å². The highest BCUT2D eigenvalue weighted by molar-refractivity contribution is 5.11. The van der Waals surface area contributed by atoms with Crippen molar-refractivity contribution in [3.63, 3.8) is 0 Å². The van der Waals surface area contributed by atoms with Crippen molar-refractivity contribution < 1.29 is 0 Å². The molecule has 0 saturated carbocycles. The molecule has 2 aliphatic heterocycles. The zero-order valence-electron chi connectivity index (χ0n) is 7.97. The normalized spacial score (nSPS) is 34.9. The third kappa shape index (κ3) is 1.71. The maximum absolute atomic E-state index is 3.70. The summed E-state index contributed by atoms with van der Waals surface area (Å²) in [6.45, 7) is 2.24. The van der Waals surface area contributed by atoms with Gasteiger partial charge in [-0.05, 0) is 32.1 Å².